The third-order valence-corrected chi connectivity index (χ3v) is 1.76. The normalized spacial score (nSPS) is 12.5. The molecule has 7 heteroatoms. The van der Waals surface area contributed by atoms with E-state index in [4.69, 9.17) is 10.5 Å². The van der Waals surface area contributed by atoms with Crippen LogP contribution < -0.4 is 5.73 Å². The first kappa shape index (κ1) is 16.4. The van der Waals surface area contributed by atoms with Gasteiger partial charge in [0.1, 0.15) is 11.6 Å². The average molecular weight is 261 g/mol. The summed E-state index contributed by atoms with van der Waals surface area (Å²) in [6.07, 6.45) is -1.10. The molecule has 0 bridgehead atoms. The summed E-state index contributed by atoms with van der Waals surface area (Å²) in [5.41, 5.74) is 4.69. The number of carbonyl (C=O) groups excluding carboxylic acids is 3. The molecular weight excluding hydrogens is 242 g/mol. The summed E-state index contributed by atoms with van der Waals surface area (Å²) >= 11 is 0. The summed E-state index contributed by atoms with van der Waals surface area (Å²) in [7, 11) is 1.23. The van der Waals surface area contributed by atoms with Crippen molar-refractivity contribution in [2.24, 2.45) is 5.73 Å². The van der Waals surface area contributed by atoms with E-state index in [0.29, 0.717) is 0 Å². The minimum Gasteiger partial charge on any atom is -0.469 e. The Morgan fingerprint density at radius 2 is 1.78 bits per heavy atom. The highest BCUT2D eigenvalue weighted by atomic mass is 16.7. The number of methoxy groups -OCH3 is 1. The standard InChI is InChI=1S/C11H19NO6/c1-11(2,3)18-10(15)17-9(14)7(12)5-6-8(13)16-4/h7H,5-6,12H2,1-4H3/t7-/m0/s1. The van der Waals surface area contributed by atoms with Crippen molar-refractivity contribution in [3.8, 4) is 0 Å². The Morgan fingerprint density at radius 3 is 2.22 bits per heavy atom. The maximum atomic E-state index is 11.3. The molecule has 7 nitrogen and oxygen atoms in total. The van der Waals surface area contributed by atoms with Crippen LogP contribution in [0.25, 0.3) is 0 Å². The molecule has 1 atom stereocenters. The van der Waals surface area contributed by atoms with Crippen LogP contribution in [0.15, 0.2) is 0 Å². The Balaban J connectivity index is 4.08. The van der Waals surface area contributed by atoms with E-state index in [1.165, 1.54) is 7.11 Å². The molecule has 0 rings (SSSR count). The minimum atomic E-state index is -1.11. The number of rotatable bonds is 4. The molecule has 0 saturated carbocycles. The fourth-order valence-corrected chi connectivity index (χ4v) is 0.922. The molecule has 104 valence electrons. The Morgan fingerprint density at radius 1 is 1.22 bits per heavy atom. The lowest BCUT2D eigenvalue weighted by Crippen LogP contribution is -2.36. The molecular formula is C11H19NO6. The first-order chi connectivity index (χ1) is 8.15. The molecule has 0 fully saturated rings. The topological polar surface area (TPSA) is 105 Å². The average Bonchev–Trinajstić information content (AvgIpc) is 2.22. The summed E-state index contributed by atoms with van der Waals surface area (Å²) in [5.74, 6) is -1.43. The molecule has 0 aromatic carbocycles. The van der Waals surface area contributed by atoms with Gasteiger partial charge in [-0.2, -0.15) is 0 Å². The second kappa shape index (κ2) is 6.95. The van der Waals surface area contributed by atoms with E-state index < -0.39 is 29.7 Å². The fourth-order valence-electron chi connectivity index (χ4n) is 0.922. The molecule has 18 heavy (non-hydrogen) atoms. The number of esters is 2. The second-order valence-corrected chi connectivity index (χ2v) is 4.61. The van der Waals surface area contributed by atoms with Crippen LogP contribution in [0.5, 0.6) is 0 Å². The van der Waals surface area contributed by atoms with Crippen LogP contribution >= 0.6 is 0 Å². The van der Waals surface area contributed by atoms with Gasteiger partial charge in [-0.05, 0) is 27.2 Å². The van der Waals surface area contributed by atoms with Gasteiger partial charge in [0.25, 0.3) is 0 Å². The highest BCUT2D eigenvalue weighted by molar-refractivity contribution is 5.85. The van der Waals surface area contributed by atoms with Crippen LogP contribution in [0.1, 0.15) is 33.6 Å². The highest BCUT2D eigenvalue weighted by Gasteiger charge is 2.24. The largest absolute Gasteiger partial charge is 0.516 e. The van der Waals surface area contributed by atoms with Gasteiger partial charge in [0.05, 0.1) is 7.11 Å². The van der Waals surface area contributed by atoms with Gasteiger partial charge >= 0.3 is 18.1 Å². The van der Waals surface area contributed by atoms with Crippen molar-refractivity contribution in [1.29, 1.82) is 0 Å². The molecule has 0 unspecified atom stereocenters. The summed E-state index contributed by atoms with van der Waals surface area (Å²) < 4.78 is 13.5. The predicted octanol–water partition coefficient (Wildman–Crippen LogP) is 0.745. The maximum Gasteiger partial charge on any atom is 0.516 e. The Bertz CT molecular complexity index is 320. The Hall–Kier alpha value is -1.63. The molecule has 0 radical (unpaired) electrons. The van der Waals surface area contributed by atoms with Crippen molar-refractivity contribution in [1.82, 2.24) is 0 Å². The van der Waals surface area contributed by atoms with E-state index in [9.17, 15) is 14.4 Å². The third-order valence-electron chi connectivity index (χ3n) is 1.76. The van der Waals surface area contributed by atoms with Crippen LogP contribution in [-0.4, -0.2) is 36.8 Å². The SMILES string of the molecule is COC(=O)CC[C@H](N)C(=O)OC(=O)OC(C)(C)C. The summed E-state index contributed by atoms with van der Waals surface area (Å²) in [6.45, 7) is 4.90. The van der Waals surface area contributed by atoms with E-state index in [-0.39, 0.29) is 12.8 Å². The molecule has 0 aliphatic rings. The molecule has 0 saturated heterocycles. The molecule has 0 aliphatic heterocycles. The van der Waals surface area contributed by atoms with Gasteiger partial charge in [-0.15, -0.1) is 0 Å². The molecule has 0 spiro atoms. The van der Waals surface area contributed by atoms with E-state index in [1.54, 1.807) is 20.8 Å². The van der Waals surface area contributed by atoms with Crippen molar-refractivity contribution in [3.05, 3.63) is 0 Å². The van der Waals surface area contributed by atoms with E-state index in [1.807, 2.05) is 0 Å². The van der Waals surface area contributed by atoms with E-state index in [0.717, 1.165) is 0 Å². The number of carbonyl (C=O) groups is 3. The first-order valence-electron chi connectivity index (χ1n) is 5.43. The number of ether oxygens (including phenoxy) is 3. The molecule has 0 amide bonds. The monoisotopic (exact) mass is 261 g/mol. The van der Waals surface area contributed by atoms with Gasteiger partial charge in [0.15, 0.2) is 0 Å². The highest BCUT2D eigenvalue weighted by Crippen LogP contribution is 2.09. The van der Waals surface area contributed by atoms with Gasteiger partial charge < -0.3 is 19.9 Å². The van der Waals surface area contributed by atoms with Crippen LogP contribution in [-0.2, 0) is 23.8 Å². The Labute approximate surface area is 106 Å². The van der Waals surface area contributed by atoms with E-state index >= 15 is 0 Å². The summed E-state index contributed by atoms with van der Waals surface area (Å²) in [5, 5.41) is 0. The number of hydrogen-bond donors (Lipinski definition) is 1. The smallest absolute Gasteiger partial charge is 0.469 e. The zero-order chi connectivity index (χ0) is 14.3. The van der Waals surface area contributed by atoms with Gasteiger partial charge in [-0.25, -0.2) is 9.59 Å². The zero-order valence-electron chi connectivity index (χ0n) is 11.0. The maximum absolute atomic E-state index is 11.3. The second-order valence-electron chi connectivity index (χ2n) is 4.61. The van der Waals surface area contributed by atoms with Crippen molar-refractivity contribution < 1.29 is 28.6 Å². The van der Waals surface area contributed by atoms with Crippen molar-refractivity contribution in [2.75, 3.05) is 7.11 Å². The van der Waals surface area contributed by atoms with Crippen LogP contribution in [0, 0.1) is 0 Å². The van der Waals surface area contributed by atoms with Crippen molar-refractivity contribution >= 4 is 18.1 Å². The summed E-state index contributed by atoms with van der Waals surface area (Å²) in [6, 6.07) is -1.07. The van der Waals surface area contributed by atoms with Gasteiger partial charge in [-0.3, -0.25) is 4.79 Å². The molecule has 0 aromatic rings. The number of nitrogens with two attached hydrogens (primary N) is 1. The molecule has 2 N–H and O–H groups in total. The lowest BCUT2D eigenvalue weighted by molar-refractivity contribution is -0.144. The van der Waals surface area contributed by atoms with Crippen LogP contribution in [0.4, 0.5) is 4.79 Å². The summed E-state index contributed by atoms with van der Waals surface area (Å²) in [4.78, 5) is 33.3. The van der Waals surface area contributed by atoms with Gasteiger partial charge in [0, 0.05) is 6.42 Å². The number of hydrogen-bond acceptors (Lipinski definition) is 7. The predicted molar refractivity (Wildman–Crippen MR) is 61.6 cm³/mol. The van der Waals surface area contributed by atoms with E-state index in [2.05, 4.69) is 9.47 Å². The van der Waals surface area contributed by atoms with Crippen molar-refractivity contribution in [3.63, 3.8) is 0 Å². The molecule has 0 aromatic heterocycles. The van der Waals surface area contributed by atoms with Gasteiger partial charge in [-0.1, -0.05) is 0 Å². The molecule has 0 heterocycles. The Kier molecular flexibility index (Phi) is 6.32. The van der Waals surface area contributed by atoms with Crippen LogP contribution in [0.3, 0.4) is 0 Å². The fraction of sp³-hybridized carbons (Fsp3) is 0.727. The van der Waals surface area contributed by atoms with Crippen molar-refractivity contribution in [2.45, 2.75) is 45.3 Å². The van der Waals surface area contributed by atoms with Gasteiger partial charge in [0.2, 0.25) is 0 Å². The lowest BCUT2D eigenvalue weighted by Gasteiger charge is -2.18. The van der Waals surface area contributed by atoms with Crippen LogP contribution in [0.2, 0.25) is 0 Å². The quantitative estimate of drug-likeness (QED) is 0.587. The third kappa shape index (κ3) is 7.61. The molecule has 0 aliphatic carbocycles. The minimum absolute atomic E-state index is 0.0267. The lowest BCUT2D eigenvalue weighted by atomic mass is 10.2. The zero-order valence-corrected chi connectivity index (χ0v) is 11.0. The first-order valence-corrected chi connectivity index (χ1v) is 5.43.